The largest absolute Gasteiger partial charge is 0.436 e. The molecule has 0 radical (unpaired) electrons. The molecule has 4 rings (SSSR count). The zero-order valence-electron chi connectivity index (χ0n) is 18.8. The van der Waals surface area contributed by atoms with Gasteiger partial charge in [0.1, 0.15) is 0 Å². The quantitative estimate of drug-likeness (QED) is 0.649. The van der Waals surface area contributed by atoms with E-state index in [9.17, 15) is 4.79 Å². The summed E-state index contributed by atoms with van der Waals surface area (Å²) in [4.78, 5) is 24.6. The smallest absolute Gasteiger partial charge is 0.362 e. The van der Waals surface area contributed by atoms with Gasteiger partial charge in [0.05, 0.1) is 0 Å². The molecule has 2 aromatic rings. The first-order chi connectivity index (χ1) is 14.8. The fraction of sp³-hybridized carbons (Fsp3) is 0.440. The van der Waals surface area contributed by atoms with Crippen LogP contribution < -0.4 is 5.32 Å². The average molecular weight is 422 g/mol. The highest BCUT2D eigenvalue weighted by atomic mass is 16.8. The third kappa shape index (κ3) is 4.53. The Balaban J connectivity index is 1.52. The SMILES string of the molecule is Cc1ccc(C2=NOC3(CCCCC3)N2OC(=O)Nc2ccc(C(C)(C)C)cc2)cc1. The van der Waals surface area contributed by atoms with Gasteiger partial charge in [0.25, 0.3) is 0 Å². The molecule has 31 heavy (non-hydrogen) atoms. The molecule has 0 atom stereocenters. The number of amides is 1. The molecule has 1 amide bonds. The minimum Gasteiger partial charge on any atom is -0.362 e. The van der Waals surface area contributed by atoms with E-state index < -0.39 is 11.8 Å². The third-order valence-electron chi connectivity index (χ3n) is 5.98. The highest BCUT2D eigenvalue weighted by Crippen LogP contribution is 2.40. The molecule has 0 saturated heterocycles. The van der Waals surface area contributed by atoms with E-state index in [0.29, 0.717) is 11.5 Å². The second-order valence-electron chi connectivity index (χ2n) is 9.50. The second kappa shape index (κ2) is 8.25. The van der Waals surface area contributed by atoms with Gasteiger partial charge in [0.2, 0.25) is 11.6 Å². The lowest BCUT2D eigenvalue weighted by atomic mass is 9.87. The van der Waals surface area contributed by atoms with Gasteiger partial charge in [-0.25, -0.2) is 4.79 Å². The van der Waals surface area contributed by atoms with Gasteiger partial charge in [0.15, 0.2) is 0 Å². The minimum atomic E-state index is -0.730. The number of aryl methyl sites for hydroxylation is 1. The lowest BCUT2D eigenvalue weighted by Crippen LogP contribution is -2.51. The normalized spacial score (nSPS) is 17.8. The molecule has 2 aliphatic rings. The van der Waals surface area contributed by atoms with Crippen molar-refractivity contribution in [3.63, 3.8) is 0 Å². The maximum atomic E-state index is 12.8. The van der Waals surface area contributed by atoms with Crippen LogP contribution in [0.15, 0.2) is 53.7 Å². The molecule has 6 heteroatoms. The summed E-state index contributed by atoms with van der Waals surface area (Å²) in [6.07, 6.45) is 4.13. The first-order valence-corrected chi connectivity index (χ1v) is 11.0. The van der Waals surface area contributed by atoms with Crippen LogP contribution in [0.4, 0.5) is 10.5 Å². The molecular weight excluding hydrogens is 390 g/mol. The van der Waals surface area contributed by atoms with Gasteiger partial charge in [-0.2, -0.15) is 0 Å². The van der Waals surface area contributed by atoms with E-state index in [4.69, 9.17) is 9.68 Å². The molecule has 6 nitrogen and oxygen atoms in total. The number of oxime groups is 1. The van der Waals surface area contributed by atoms with Crippen molar-refractivity contribution in [2.45, 2.75) is 70.9 Å². The van der Waals surface area contributed by atoms with Crippen LogP contribution in [0.1, 0.15) is 69.6 Å². The summed E-state index contributed by atoms with van der Waals surface area (Å²) >= 11 is 0. The van der Waals surface area contributed by atoms with Crippen molar-refractivity contribution in [1.29, 1.82) is 0 Å². The van der Waals surface area contributed by atoms with E-state index in [1.165, 1.54) is 5.56 Å². The standard InChI is InChI=1S/C25H31N3O3/c1-18-8-10-19(11-9-18)22-27-31-25(16-6-5-7-17-25)28(22)30-23(29)26-21-14-12-20(13-15-21)24(2,3)4/h8-15H,5-7,16-17H2,1-4H3,(H,26,29). The molecule has 1 fully saturated rings. The summed E-state index contributed by atoms with van der Waals surface area (Å²) < 4.78 is 0. The van der Waals surface area contributed by atoms with Gasteiger partial charge < -0.3 is 9.68 Å². The molecule has 0 aromatic heterocycles. The fourth-order valence-electron chi connectivity index (χ4n) is 4.07. The van der Waals surface area contributed by atoms with Crippen LogP contribution in [0.25, 0.3) is 0 Å². The van der Waals surface area contributed by atoms with Crippen LogP contribution in [0.5, 0.6) is 0 Å². The number of nitrogens with one attached hydrogen (secondary N) is 1. The van der Waals surface area contributed by atoms with Crippen LogP contribution in [0.2, 0.25) is 0 Å². The van der Waals surface area contributed by atoms with Crippen molar-refractivity contribution in [3.8, 4) is 0 Å². The molecule has 1 aliphatic heterocycles. The number of amidine groups is 1. The predicted octanol–water partition coefficient (Wildman–Crippen LogP) is 6.11. The maximum absolute atomic E-state index is 12.8. The zero-order valence-corrected chi connectivity index (χ0v) is 18.8. The van der Waals surface area contributed by atoms with Crippen LogP contribution in [0, 0.1) is 6.92 Å². The molecule has 1 saturated carbocycles. The summed E-state index contributed by atoms with van der Waals surface area (Å²) in [7, 11) is 0. The Kier molecular flexibility index (Phi) is 5.65. The highest BCUT2D eigenvalue weighted by Gasteiger charge is 2.50. The summed E-state index contributed by atoms with van der Waals surface area (Å²) in [6.45, 7) is 8.51. The highest BCUT2D eigenvalue weighted by molar-refractivity contribution is 6.00. The number of benzene rings is 2. The number of carbonyl (C=O) groups is 1. The van der Waals surface area contributed by atoms with Gasteiger partial charge >= 0.3 is 6.09 Å². The predicted molar refractivity (Wildman–Crippen MR) is 122 cm³/mol. The number of hydrogen-bond donors (Lipinski definition) is 1. The van der Waals surface area contributed by atoms with E-state index in [0.717, 1.165) is 43.2 Å². The van der Waals surface area contributed by atoms with Gasteiger partial charge in [-0.05, 0) is 42.9 Å². The lowest BCUT2D eigenvalue weighted by Gasteiger charge is -2.37. The molecular formula is C25H31N3O3. The van der Waals surface area contributed by atoms with Crippen molar-refractivity contribution in [2.24, 2.45) is 5.16 Å². The van der Waals surface area contributed by atoms with E-state index in [2.05, 4.69) is 31.2 Å². The first-order valence-electron chi connectivity index (χ1n) is 11.0. The Morgan fingerprint density at radius 3 is 2.29 bits per heavy atom. The van der Waals surface area contributed by atoms with Gasteiger partial charge in [0, 0.05) is 24.1 Å². The van der Waals surface area contributed by atoms with Gasteiger partial charge in [-0.3, -0.25) is 5.32 Å². The Morgan fingerprint density at radius 1 is 1.03 bits per heavy atom. The van der Waals surface area contributed by atoms with Gasteiger partial charge in [-0.15, -0.1) is 5.06 Å². The van der Waals surface area contributed by atoms with Crippen LogP contribution >= 0.6 is 0 Å². The molecule has 1 aliphatic carbocycles. The number of carbonyl (C=O) groups excluding carboxylic acids is 1. The van der Waals surface area contributed by atoms with Crippen LogP contribution in [0.3, 0.4) is 0 Å². The average Bonchev–Trinajstić information content (AvgIpc) is 3.06. The van der Waals surface area contributed by atoms with Crippen molar-refractivity contribution in [3.05, 3.63) is 65.2 Å². The molecule has 1 N–H and O–H groups in total. The van der Waals surface area contributed by atoms with E-state index >= 15 is 0 Å². The monoisotopic (exact) mass is 421 g/mol. The zero-order chi connectivity index (χ0) is 22.1. The van der Waals surface area contributed by atoms with Crippen LogP contribution in [-0.4, -0.2) is 22.7 Å². The van der Waals surface area contributed by atoms with E-state index in [1.54, 1.807) is 5.06 Å². The second-order valence-corrected chi connectivity index (χ2v) is 9.50. The van der Waals surface area contributed by atoms with Crippen LogP contribution in [-0.2, 0) is 15.1 Å². The van der Waals surface area contributed by atoms with Crippen molar-refractivity contribution >= 4 is 17.6 Å². The summed E-state index contributed by atoms with van der Waals surface area (Å²) in [5, 5.41) is 8.75. The van der Waals surface area contributed by atoms with E-state index in [1.807, 2.05) is 55.5 Å². The molecule has 1 heterocycles. The molecule has 164 valence electrons. The Bertz CT molecular complexity index is 953. The molecule has 0 unspecified atom stereocenters. The number of hydrogen-bond acceptors (Lipinski definition) is 5. The molecule has 1 spiro atoms. The number of rotatable bonds is 3. The van der Waals surface area contributed by atoms with Crippen molar-refractivity contribution < 1.29 is 14.5 Å². The van der Waals surface area contributed by atoms with Gasteiger partial charge in [-0.1, -0.05) is 74.3 Å². The first kappa shape index (κ1) is 21.2. The topological polar surface area (TPSA) is 63.2 Å². The van der Waals surface area contributed by atoms with Crippen molar-refractivity contribution in [2.75, 3.05) is 5.32 Å². The molecule has 0 bridgehead atoms. The Morgan fingerprint density at radius 2 is 1.68 bits per heavy atom. The molecule has 2 aromatic carbocycles. The number of nitrogens with zero attached hydrogens (tertiary/aromatic N) is 2. The minimum absolute atomic E-state index is 0.0543. The Labute approximate surface area is 184 Å². The fourth-order valence-corrected chi connectivity index (χ4v) is 4.07. The number of anilines is 1. The summed E-state index contributed by atoms with van der Waals surface area (Å²) in [6, 6.07) is 15.8. The van der Waals surface area contributed by atoms with E-state index in [-0.39, 0.29) is 5.41 Å². The third-order valence-corrected chi connectivity index (χ3v) is 5.98. The lowest BCUT2D eigenvalue weighted by molar-refractivity contribution is -0.224. The maximum Gasteiger partial charge on any atom is 0.436 e. The summed E-state index contributed by atoms with van der Waals surface area (Å²) in [5.74, 6) is 0.528. The van der Waals surface area contributed by atoms with Crippen molar-refractivity contribution in [1.82, 2.24) is 5.06 Å². The number of hydroxylamine groups is 2. The Hall–Kier alpha value is -3.02. The summed E-state index contributed by atoms with van der Waals surface area (Å²) in [5.41, 5.74) is 3.22.